The third-order valence-corrected chi connectivity index (χ3v) is 4.85. The van der Waals surface area contributed by atoms with Gasteiger partial charge in [0, 0.05) is 12.6 Å². The number of nitrogens with one attached hydrogen (secondary N) is 1. The molecule has 1 atom stereocenters. The monoisotopic (exact) mass is 243 g/mol. The molecule has 1 aromatic rings. The van der Waals surface area contributed by atoms with Gasteiger partial charge in [0.25, 0.3) is 0 Å². The molecule has 1 unspecified atom stereocenters. The molecule has 0 bridgehead atoms. The second-order valence-corrected chi connectivity index (χ2v) is 6.44. The molecule has 0 aromatic heterocycles. The lowest BCUT2D eigenvalue weighted by atomic mass is 9.99. The first-order valence-electron chi connectivity index (χ1n) is 7.56. The smallest absolute Gasteiger partial charge is 0.00421 e. The summed E-state index contributed by atoms with van der Waals surface area (Å²) >= 11 is 0. The number of aryl methyl sites for hydroxylation is 1. The van der Waals surface area contributed by atoms with Crippen molar-refractivity contribution in [3.05, 3.63) is 35.9 Å². The van der Waals surface area contributed by atoms with Crippen molar-refractivity contribution in [2.75, 3.05) is 6.54 Å². The molecule has 3 rings (SSSR count). The highest BCUT2D eigenvalue weighted by Gasteiger charge is 2.53. The van der Waals surface area contributed by atoms with E-state index in [0.29, 0.717) is 6.04 Å². The number of rotatable bonds is 7. The zero-order chi connectivity index (χ0) is 12.4. The van der Waals surface area contributed by atoms with E-state index in [-0.39, 0.29) is 0 Å². The molecule has 1 heteroatoms. The van der Waals surface area contributed by atoms with Crippen molar-refractivity contribution in [3.8, 4) is 0 Å². The summed E-state index contributed by atoms with van der Waals surface area (Å²) in [6, 6.07) is 11.5. The standard InChI is InChI=1S/C17H25N/c1-14(7-8-15-5-3-2-4-6-15)18-13-17(11-12-17)16-9-10-16/h2-6,14,16,18H,7-13H2,1H3. The minimum absolute atomic E-state index is 0.654. The molecule has 18 heavy (non-hydrogen) atoms. The summed E-state index contributed by atoms with van der Waals surface area (Å²) in [5.41, 5.74) is 2.20. The van der Waals surface area contributed by atoms with Gasteiger partial charge in [-0.1, -0.05) is 30.3 Å². The molecule has 2 aliphatic rings. The predicted octanol–water partition coefficient (Wildman–Crippen LogP) is 3.79. The third kappa shape index (κ3) is 2.95. The van der Waals surface area contributed by atoms with Gasteiger partial charge in [0.1, 0.15) is 0 Å². The summed E-state index contributed by atoms with van der Waals surface area (Å²) < 4.78 is 0. The van der Waals surface area contributed by atoms with E-state index in [9.17, 15) is 0 Å². The maximum atomic E-state index is 3.78. The Kier molecular flexibility index (Phi) is 3.43. The molecule has 1 aromatic carbocycles. The topological polar surface area (TPSA) is 12.0 Å². The van der Waals surface area contributed by atoms with Gasteiger partial charge in [0.05, 0.1) is 0 Å². The Morgan fingerprint density at radius 3 is 2.56 bits per heavy atom. The Hall–Kier alpha value is -0.820. The number of hydrogen-bond donors (Lipinski definition) is 1. The first-order valence-corrected chi connectivity index (χ1v) is 7.56. The summed E-state index contributed by atoms with van der Waals surface area (Å²) in [4.78, 5) is 0. The van der Waals surface area contributed by atoms with Crippen molar-refractivity contribution < 1.29 is 0 Å². The SMILES string of the molecule is CC(CCc1ccccc1)NCC1(C2CC2)CC1. The quantitative estimate of drug-likeness (QED) is 0.768. The fourth-order valence-corrected chi connectivity index (χ4v) is 3.09. The average Bonchev–Trinajstić information content (AvgIpc) is 3.28. The zero-order valence-electron chi connectivity index (χ0n) is 11.5. The second kappa shape index (κ2) is 5.05. The van der Waals surface area contributed by atoms with Gasteiger partial charge >= 0.3 is 0 Å². The Bertz CT molecular complexity index is 376. The normalized spacial score (nSPS) is 22.7. The second-order valence-electron chi connectivity index (χ2n) is 6.44. The van der Waals surface area contributed by atoms with Crippen LogP contribution in [0.1, 0.15) is 44.6 Å². The Labute approximate surface area is 111 Å². The van der Waals surface area contributed by atoms with Crippen LogP contribution in [0, 0.1) is 11.3 Å². The third-order valence-electron chi connectivity index (χ3n) is 4.85. The van der Waals surface area contributed by atoms with Crippen molar-refractivity contribution in [3.63, 3.8) is 0 Å². The van der Waals surface area contributed by atoms with Crippen LogP contribution in [0.5, 0.6) is 0 Å². The van der Waals surface area contributed by atoms with Crippen molar-refractivity contribution >= 4 is 0 Å². The Morgan fingerprint density at radius 2 is 1.94 bits per heavy atom. The van der Waals surface area contributed by atoms with Crippen molar-refractivity contribution in [2.24, 2.45) is 11.3 Å². The molecule has 2 aliphatic carbocycles. The van der Waals surface area contributed by atoms with Gasteiger partial charge in [-0.2, -0.15) is 0 Å². The minimum Gasteiger partial charge on any atom is -0.314 e. The van der Waals surface area contributed by atoms with Crippen molar-refractivity contribution in [1.82, 2.24) is 5.32 Å². The van der Waals surface area contributed by atoms with Crippen molar-refractivity contribution in [1.29, 1.82) is 0 Å². The maximum Gasteiger partial charge on any atom is 0.00421 e. The van der Waals surface area contributed by atoms with Gasteiger partial charge < -0.3 is 5.32 Å². The van der Waals surface area contributed by atoms with E-state index in [2.05, 4.69) is 42.6 Å². The lowest BCUT2D eigenvalue weighted by molar-refractivity contribution is 0.372. The highest BCUT2D eigenvalue weighted by atomic mass is 14.9. The molecule has 1 nitrogen and oxygen atoms in total. The summed E-state index contributed by atoms with van der Waals surface area (Å²) in [7, 11) is 0. The van der Waals surface area contributed by atoms with Crippen LogP contribution in [0.3, 0.4) is 0 Å². The van der Waals surface area contributed by atoms with Crippen LogP contribution in [0.2, 0.25) is 0 Å². The van der Waals surface area contributed by atoms with Gasteiger partial charge in [-0.3, -0.25) is 0 Å². The zero-order valence-corrected chi connectivity index (χ0v) is 11.5. The van der Waals surface area contributed by atoms with Crippen LogP contribution >= 0.6 is 0 Å². The molecule has 2 fully saturated rings. The first kappa shape index (κ1) is 12.2. The highest BCUT2D eigenvalue weighted by molar-refractivity contribution is 5.14. The van der Waals surface area contributed by atoms with Crippen LogP contribution in [0.15, 0.2) is 30.3 Å². The molecule has 0 aliphatic heterocycles. The van der Waals surface area contributed by atoms with Crippen LogP contribution in [0.4, 0.5) is 0 Å². The number of benzene rings is 1. The summed E-state index contributed by atoms with van der Waals surface area (Å²) in [5, 5.41) is 3.78. The van der Waals surface area contributed by atoms with Gasteiger partial charge in [-0.25, -0.2) is 0 Å². The van der Waals surface area contributed by atoms with E-state index >= 15 is 0 Å². The van der Waals surface area contributed by atoms with Crippen LogP contribution in [-0.2, 0) is 6.42 Å². The highest BCUT2D eigenvalue weighted by Crippen LogP contribution is 2.60. The van der Waals surface area contributed by atoms with E-state index in [1.807, 2.05) is 0 Å². The van der Waals surface area contributed by atoms with E-state index in [0.717, 1.165) is 11.3 Å². The van der Waals surface area contributed by atoms with Gasteiger partial charge in [-0.15, -0.1) is 0 Å². The molecule has 98 valence electrons. The lowest BCUT2D eigenvalue weighted by Gasteiger charge is -2.19. The fraction of sp³-hybridized carbons (Fsp3) is 0.647. The van der Waals surface area contributed by atoms with E-state index < -0.39 is 0 Å². The van der Waals surface area contributed by atoms with E-state index in [1.54, 1.807) is 0 Å². The van der Waals surface area contributed by atoms with E-state index in [4.69, 9.17) is 0 Å². The predicted molar refractivity (Wildman–Crippen MR) is 76.6 cm³/mol. The largest absolute Gasteiger partial charge is 0.314 e. The first-order chi connectivity index (χ1) is 8.78. The molecule has 0 saturated heterocycles. The fourth-order valence-electron chi connectivity index (χ4n) is 3.09. The minimum atomic E-state index is 0.654. The Morgan fingerprint density at radius 1 is 1.22 bits per heavy atom. The van der Waals surface area contributed by atoms with Gasteiger partial charge in [0.2, 0.25) is 0 Å². The Balaban J connectivity index is 1.38. The summed E-state index contributed by atoms with van der Waals surface area (Å²) in [5.74, 6) is 1.08. The molecule has 0 spiro atoms. The van der Waals surface area contributed by atoms with Gasteiger partial charge in [-0.05, 0) is 62.3 Å². The van der Waals surface area contributed by atoms with Crippen LogP contribution in [-0.4, -0.2) is 12.6 Å². The molecule has 0 heterocycles. The average molecular weight is 243 g/mol. The molecule has 2 saturated carbocycles. The molecule has 0 amide bonds. The molecule has 1 N–H and O–H groups in total. The maximum absolute atomic E-state index is 3.78. The molecule has 0 radical (unpaired) electrons. The lowest BCUT2D eigenvalue weighted by Crippen LogP contribution is -2.33. The summed E-state index contributed by atoms with van der Waals surface area (Å²) in [6.07, 6.45) is 8.42. The van der Waals surface area contributed by atoms with Crippen LogP contribution < -0.4 is 5.32 Å². The van der Waals surface area contributed by atoms with Crippen LogP contribution in [0.25, 0.3) is 0 Å². The number of hydrogen-bond acceptors (Lipinski definition) is 1. The van der Waals surface area contributed by atoms with E-state index in [1.165, 1.54) is 50.6 Å². The van der Waals surface area contributed by atoms with Crippen molar-refractivity contribution in [2.45, 2.75) is 51.5 Å². The molecular formula is C17H25N. The molecular weight excluding hydrogens is 218 g/mol. The van der Waals surface area contributed by atoms with Gasteiger partial charge in [0.15, 0.2) is 0 Å². The summed E-state index contributed by atoms with van der Waals surface area (Å²) in [6.45, 7) is 3.61.